The van der Waals surface area contributed by atoms with Gasteiger partial charge in [0.05, 0.1) is 30.7 Å². The van der Waals surface area contributed by atoms with Crippen LogP contribution >= 0.6 is 0 Å². The lowest BCUT2D eigenvalue weighted by Crippen LogP contribution is -2.36. The Morgan fingerprint density at radius 3 is 2.63 bits per heavy atom. The first-order valence-electron chi connectivity index (χ1n) is 13.7. The second kappa shape index (κ2) is 11.6. The third-order valence-electron chi connectivity index (χ3n) is 7.57. The number of alkyl halides is 3. The number of rotatable bonds is 7. The molecule has 0 radical (unpaired) electrons. The van der Waals surface area contributed by atoms with Crippen molar-refractivity contribution in [3.8, 4) is 5.75 Å². The van der Waals surface area contributed by atoms with Crippen LogP contribution in [0.25, 0.3) is 11.0 Å². The fraction of sp³-hybridized carbons (Fsp3) is 0.367. The minimum absolute atomic E-state index is 0.114. The molecule has 5 rings (SSSR count). The molecular weight excluding hydrogens is 585 g/mol. The van der Waals surface area contributed by atoms with Crippen molar-refractivity contribution in [2.75, 3.05) is 13.2 Å². The van der Waals surface area contributed by atoms with Gasteiger partial charge in [-0.05, 0) is 67.3 Å². The Hall–Kier alpha value is -3.97. The molecule has 0 N–H and O–H groups in total. The van der Waals surface area contributed by atoms with Crippen LogP contribution in [0.3, 0.4) is 0 Å². The number of carbonyl (C=O) groups excluding carboxylic acids is 1. The van der Waals surface area contributed by atoms with E-state index in [1.54, 1.807) is 43.8 Å². The standard InChI is InChI=1S/C30H31F3N4O5S/c1-5-41-28(38)15-23(22-11-13-25-29(19(22)3)34-35-36(25)4)20-10-12-24(30(31,32)33)21(14-20)17-37-16-18(2)42-26-8-6-7-9-27(26)43(37,39)40/h6-14,18,23H,5,15-17H2,1-4H3. The number of carbonyl (C=O) groups is 1. The minimum Gasteiger partial charge on any atom is -0.488 e. The molecule has 9 nitrogen and oxygen atoms in total. The fourth-order valence-corrected chi connectivity index (χ4v) is 7.15. The number of nitrogens with zero attached hydrogens (tertiary/aromatic N) is 4. The summed E-state index contributed by atoms with van der Waals surface area (Å²) in [4.78, 5) is 12.6. The highest BCUT2D eigenvalue weighted by Gasteiger charge is 2.38. The average Bonchev–Trinajstić information content (AvgIpc) is 3.28. The van der Waals surface area contributed by atoms with Crippen molar-refractivity contribution in [1.29, 1.82) is 0 Å². The Balaban J connectivity index is 1.63. The van der Waals surface area contributed by atoms with E-state index in [4.69, 9.17) is 9.47 Å². The predicted octanol–water partition coefficient (Wildman–Crippen LogP) is 5.35. The summed E-state index contributed by atoms with van der Waals surface area (Å²) in [5.41, 5.74) is 1.95. The largest absolute Gasteiger partial charge is 0.488 e. The van der Waals surface area contributed by atoms with E-state index in [1.807, 2.05) is 6.92 Å². The van der Waals surface area contributed by atoms with Crippen LogP contribution in [0, 0.1) is 6.92 Å². The van der Waals surface area contributed by atoms with Gasteiger partial charge in [0.15, 0.2) is 0 Å². The summed E-state index contributed by atoms with van der Waals surface area (Å²) in [6.45, 7) is 4.57. The van der Waals surface area contributed by atoms with E-state index in [9.17, 15) is 26.4 Å². The van der Waals surface area contributed by atoms with Crippen molar-refractivity contribution >= 4 is 27.0 Å². The van der Waals surface area contributed by atoms with Gasteiger partial charge in [-0.25, -0.2) is 13.1 Å². The van der Waals surface area contributed by atoms with E-state index in [0.717, 1.165) is 21.5 Å². The van der Waals surface area contributed by atoms with Gasteiger partial charge in [-0.1, -0.05) is 35.5 Å². The Bertz CT molecular complexity index is 1790. The molecule has 1 aliphatic heterocycles. The number of aryl methyl sites for hydroxylation is 2. The minimum atomic E-state index is -4.76. The van der Waals surface area contributed by atoms with E-state index in [2.05, 4.69) is 10.3 Å². The Morgan fingerprint density at radius 2 is 1.91 bits per heavy atom. The molecule has 43 heavy (non-hydrogen) atoms. The number of aromatic nitrogens is 3. The van der Waals surface area contributed by atoms with Gasteiger partial charge in [-0.3, -0.25) is 4.79 Å². The van der Waals surface area contributed by atoms with Gasteiger partial charge in [0.1, 0.15) is 22.3 Å². The molecule has 2 unspecified atom stereocenters. The molecule has 0 saturated carbocycles. The van der Waals surface area contributed by atoms with Crippen molar-refractivity contribution in [3.63, 3.8) is 0 Å². The van der Waals surface area contributed by atoms with E-state index in [-0.39, 0.29) is 35.8 Å². The monoisotopic (exact) mass is 616 g/mol. The average molecular weight is 617 g/mol. The number of hydrogen-bond acceptors (Lipinski definition) is 7. The van der Waals surface area contributed by atoms with Crippen molar-refractivity contribution < 1.29 is 35.9 Å². The Morgan fingerprint density at radius 1 is 1.16 bits per heavy atom. The molecule has 0 fully saturated rings. The van der Waals surface area contributed by atoms with Gasteiger partial charge in [-0.15, -0.1) is 5.10 Å². The normalized spacial score (nSPS) is 17.6. The van der Waals surface area contributed by atoms with Crippen molar-refractivity contribution in [3.05, 3.63) is 82.4 Å². The molecule has 0 spiro atoms. The van der Waals surface area contributed by atoms with Crippen LogP contribution in [-0.2, 0) is 39.3 Å². The van der Waals surface area contributed by atoms with Crippen molar-refractivity contribution in [2.24, 2.45) is 7.05 Å². The highest BCUT2D eigenvalue weighted by atomic mass is 32.2. The number of fused-ring (bicyclic) bond motifs is 2. The predicted molar refractivity (Wildman–Crippen MR) is 152 cm³/mol. The zero-order chi connectivity index (χ0) is 31.1. The first kappa shape index (κ1) is 30.5. The highest BCUT2D eigenvalue weighted by molar-refractivity contribution is 7.89. The van der Waals surface area contributed by atoms with E-state index >= 15 is 0 Å². The molecule has 0 aliphatic carbocycles. The lowest BCUT2D eigenvalue weighted by Gasteiger charge is -2.25. The summed E-state index contributed by atoms with van der Waals surface area (Å²) < 4.78 is 83.9. The molecule has 1 aromatic heterocycles. The fourth-order valence-electron chi connectivity index (χ4n) is 5.54. The Kier molecular flexibility index (Phi) is 8.23. The van der Waals surface area contributed by atoms with Crippen LogP contribution in [0.15, 0.2) is 59.5 Å². The molecule has 13 heteroatoms. The van der Waals surface area contributed by atoms with Gasteiger partial charge in [0, 0.05) is 19.5 Å². The summed E-state index contributed by atoms with van der Waals surface area (Å²) in [5.74, 6) is -1.08. The molecular formula is C30H31F3N4O5S. The van der Waals surface area contributed by atoms with Crippen LogP contribution < -0.4 is 4.74 Å². The zero-order valence-electron chi connectivity index (χ0n) is 24.1. The molecule has 2 heterocycles. The quantitative estimate of drug-likeness (QED) is 0.258. The third-order valence-corrected chi connectivity index (χ3v) is 9.42. The van der Waals surface area contributed by atoms with E-state index < -0.39 is 46.3 Å². The van der Waals surface area contributed by atoms with Crippen LogP contribution in [0.1, 0.15) is 54.0 Å². The smallest absolute Gasteiger partial charge is 0.416 e. The lowest BCUT2D eigenvalue weighted by molar-refractivity contribution is -0.143. The van der Waals surface area contributed by atoms with Crippen LogP contribution in [0.2, 0.25) is 0 Å². The maximum Gasteiger partial charge on any atom is 0.416 e. The Labute approximate surface area is 247 Å². The van der Waals surface area contributed by atoms with Crippen LogP contribution in [0.4, 0.5) is 13.2 Å². The van der Waals surface area contributed by atoms with Crippen molar-refractivity contribution in [1.82, 2.24) is 19.3 Å². The molecule has 0 bridgehead atoms. The number of esters is 1. The van der Waals surface area contributed by atoms with Gasteiger partial charge < -0.3 is 9.47 Å². The molecule has 2 atom stereocenters. The number of para-hydroxylation sites is 1. The van der Waals surface area contributed by atoms with Gasteiger partial charge >= 0.3 is 12.1 Å². The first-order chi connectivity index (χ1) is 20.3. The molecule has 0 saturated heterocycles. The summed E-state index contributed by atoms with van der Waals surface area (Å²) in [7, 11) is -2.46. The van der Waals surface area contributed by atoms with Gasteiger partial charge in [0.25, 0.3) is 0 Å². The number of sulfonamides is 1. The van der Waals surface area contributed by atoms with Gasteiger partial charge in [0.2, 0.25) is 10.0 Å². The van der Waals surface area contributed by atoms with Crippen molar-refractivity contribution in [2.45, 2.75) is 56.8 Å². The molecule has 0 amide bonds. The summed E-state index contributed by atoms with van der Waals surface area (Å²) in [6.07, 6.45) is -5.52. The van der Waals surface area contributed by atoms with Gasteiger partial charge in [-0.2, -0.15) is 17.5 Å². The second-order valence-corrected chi connectivity index (χ2v) is 12.4. The summed E-state index contributed by atoms with van der Waals surface area (Å²) >= 11 is 0. The van der Waals surface area contributed by atoms with E-state index in [0.29, 0.717) is 16.6 Å². The SMILES string of the molecule is CCOC(=O)CC(c1ccc(C(F)(F)F)c(CN2CC(C)Oc3ccccc3S2(=O)=O)c1)c1ccc2c(nnn2C)c1C. The molecule has 228 valence electrons. The summed E-state index contributed by atoms with van der Waals surface area (Å²) in [5, 5.41) is 8.28. The van der Waals surface area contributed by atoms with Crippen LogP contribution in [0.5, 0.6) is 5.75 Å². The zero-order valence-corrected chi connectivity index (χ0v) is 24.9. The number of hydrogen-bond donors (Lipinski definition) is 0. The lowest BCUT2D eigenvalue weighted by atomic mass is 9.84. The number of ether oxygens (including phenoxy) is 2. The third kappa shape index (κ3) is 5.96. The van der Waals surface area contributed by atoms with E-state index in [1.165, 1.54) is 30.3 Å². The molecule has 3 aromatic carbocycles. The molecule has 4 aromatic rings. The number of benzene rings is 3. The second-order valence-electron chi connectivity index (χ2n) is 10.5. The maximum atomic E-state index is 14.3. The summed E-state index contributed by atoms with van der Waals surface area (Å²) in [6, 6.07) is 13.3. The number of halogens is 3. The molecule has 1 aliphatic rings. The maximum absolute atomic E-state index is 14.3. The highest BCUT2D eigenvalue weighted by Crippen LogP contribution is 2.39. The first-order valence-corrected chi connectivity index (χ1v) is 15.2. The topological polar surface area (TPSA) is 104 Å². The van der Waals surface area contributed by atoms with Crippen LogP contribution in [-0.4, -0.2) is 52.9 Å².